The normalized spacial score (nSPS) is 18.6. The molecule has 2 rings (SSSR count). The average molecular weight is 234 g/mol. The number of benzene rings is 1. The molecule has 0 radical (unpaired) electrons. The van der Waals surface area contributed by atoms with E-state index in [0.29, 0.717) is 6.42 Å². The fraction of sp³-hybridized carbons (Fsp3) is 0.500. The summed E-state index contributed by atoms with van der Waals surface area (Å²) < 4.78 is 5.60. The number of aliphatic carboxylic acids is 1. The molecule has 17 heavy (non-hydrogen) atoms. The second-order valence-corrected chi connectivity index (χ2v) is 5.61. The molecule has 0 amide bonds. The van der Waals surface area contributed by atoms with Crippen LogP contribution in [-0.2, 0) is 16.6 Å². The second-order valence-electron chi connectivity index (χ2n) is 5.61. The van der Waals surface area contributed by atoms with Gasteiger partial charge in [-0.1, -0.05) is 32.9 Å². The number of ether oxygens (including phenoxy) is 1. The highest BCUT2D eigenvalue weighted by atomic mass is 16.5. The average Bonchev–Trinajstić information content (AvgIpc) is 2.55. The van der Waals surface area contributed by atoms with Crippen LogP contribution in [0.15, 0.2) is 18.2 Å². The summed E-state index contributed by atoms with van der Waals surface area (Å²) in [5.74, 6) is 0.0306. The number of carboxylic acid groups (broad SMARTS) is 1. The first-order chi connectivity index (χ1) is 7.86. The molecule has 1 heterocycles. The van der Waals surface area contributed by atoms with E-state index in [1.807, 2.05) is 6.07 Å². The lowest BCUT2D eigenvalue weighted by Crippen LogP contribution is -2.17. The Morgan fingerprint density at radius 2 is 2.18 bits per heavy atom. The van der Waals surface area contributed by atoms with Crippen LogP contribution >= 0.6 is 0 Å². The summed E-state index contributed by atoms with van der Waals surface area (Å²) in [6, 6.07) is 6.15. The highest BCUT2D eigenvalue weighted by Crippen LogP contribution is 2.34. The van der Waals surface area contributed by atoms with Crippen molar-refractivity contribution in [1.29, 1.82) is 0 Å². The Bertz CT molecular complexity index is 443. The Morgan fingerprint density at radius 1 is 1.47 bits per heavy atom. The Balaban J connectivity index is 2.19. The lowest BCUT2D eigenvalue weighted by atomic mass is 9.86. The Labute approximate surface area is 101 Å². The molecule has 0 spiro atoms. The maximum Gasteiger partial charge on any atom is 0.307 e. The molecule has 1 aliphatic heterocycles. The molecule has 1 aromatic carbocycles. The summed E-state index contributed by atoms with van der Waals surface area (Å²) in [6.45, 7) is 6.50. The van der Waals surface area contributed by atoms with Crippen LogP contribution in [0.5, 0.6) is 5.75 Å². The maximum atomic E-state index is 10.7. The van der Waals surface area contributed by atoms with Crippen LogP contribution in [0.1, 0.15) is 38.3 Å². The third kappa shape index (κ3) is 2.60. The third-order valence-electron chi connectivity index (χ3n) is 3.07. The summed E-state index contributed by atoms with van der Waals surface area (Å²) in [5, 5.41) is 8.76. The first-order valence-electron chi connectivity index (χ1n) is 5.88. The van der Waals surface area contributed by atoms with Gasteiger partial charge in [0, 0.05) is 6.42 Å². The minimum Gasteiger partial charge on any atom is -0.489 e. The van der Waals surface area contributed by atoms with Gasteiger partial charge in [0.1, 0.15) is 11.9 Å². The van der Waals surface area contributed by atoms with Gasteiger partial charge in [-0.15, -0.1) is 0 Å². The predicted molar refractivity (Wildman–Crippen MR) is 65.5 cm³/mol. The van der Waals surface area contributed by atoms with E-state index in [1.165, 1.54) is 5.56 Å². The van der Waals surface area contributed by atoms with E-state index in [9.17, 15) is 4.79 Å². The second kappa shape index (κ2) is 4.06. The molecule has 0 aromatic heterocycles. The number of carboxylic acids is 1. The molecule has 1 atom stereocenters. The van der Waals surface area contributed by atoms with Crippen LogP contribution in [-0.4, -0.2) is 17.2 Å². The summed E-state index contributed by atoms with van der Waals surface area (Å²) in [5.41, 5.74) is 2.50. The van der Waals surface area contributed by atoms with E-state index in [2.05, 4.69) is 32.9 Å². The van der Waals surface area contributed by atoms with Crippen molar-refractivity contribution in [2.24, 2.45) is 0 Å². The van der Waals surface area contributed by atoms with E-state index >= 15 is 0 Å². The van der Waals surface area contributed by atoms with Gasteiger partial charge in [0.2, 0.25) is 0 Å². The van der Waals surface area contributed by atoms with Crippen molar-refractivity contribution in [3.05, 3.63) is 29.3 Å². The van der Waals surface area contributed by atoms with Crippen LogP contribution < -0.4 is 4.74 Å². The zero-order chi connectivity index (χ0) is 12.6. The number of rotatable bonds is 2. The van der Waals surface area contributed by atoms with Gasteiger partial charge in [-0.2, -0.15) is 0 Å². The van der Waals surface area contributed by atoms with Gasteiger partial charge < -0.3 is 9.84 Å². The smallest absolute Gasteiger partial charge is 0.307 e. The lowest BCUT2D eigenvalue weighted by Gasteiger charge is -2.19. The van der Waals surface area contributed by atoms with Crippen molar-refractivity contribution >= 4 is 5.97 Å². The topological polar surface area (TPSA) is 46.5 Å². The van der Waals surface area contributed by atoms with Crippen LogP contribution in [0.25, 0.3) is 0 Å². The van der Waals surface area contributed by atoms with Gasteiger partial charge in [-0.05, 0) is 22.6 Å². The summed E-state index contributed by atoms with van der Waals surface area (Å²) in [7, 11) is 0. The van der Waals surface area contributed by atoms with Gasteiger partial charge in [-0.25, -0.2) is 0 Å². The van der Waals surface area contributed by atoms with Crippen LogP contribution in [0.4, 0.5) is 0 Å². The van der Waals surface area contributed by atoms with Crippen molar-refractivity contribution < 1.29 is 14.6 Å². The summed E-state index contributed by atoms with van der Waals surface area (Å²) in [6.07, 6.45) is 0.558. The fourth-order valence-electron chi connectivity index (χ4n) is 2.10. The van der Waals surface area contributed by atoms with Gasteiger partial charge >= 0.3 is 5.97 Å². The molecule has 1 aliphatic rings. The third-order valence-corrected chi connectivity index (χ3v) is 3.07. The largest absolute Gasteiger partial charge is 0.489 e. The van der Waals surface area contributed by atoms with Gasteiger partial charge in [0.25, 0.3) is 0 Å². The Hall–Kier alpha value is -1.51. The molecule has 0 bridgehead atoms. The summed E-state index contributed by atoms with van der Waals surface area (Å²) >= 11 is 0. The van der Waals surface area contributed by atoms with Gasteiger partial charge in [0.05, 0.1) is 6.42 Å². The van der Waals surface area contributed by atoms with Gasteiger partial charge in [0.15, 0.2) is 0 Å². The minimum atomic E-state index is -0.807. The molecule has 0 saturated carbocycles. The SMILES string of the molecule is CC(C)(C)c1ccc2c(c1)CC(CC(=O)O)O2. The molecule has 1 unspecified atom stereocenters. The molecular formula is C14H18O3. The zero-order valence-corrected chi connectivity index (χ0v) is 10.5. The molecule has 0 fully saturated rings. The molecule has 3 heteroatoms. The van der Waals surface area contributed by atoms with Crippen molar-refractivity contribution in [1.82, 2.24) is 0 Å². The zero-order valence-electron chi connectivity index (χ0n) is 10.5. The van der Waals surface area contributed by atoms with E-state index in [4.69, 9.17) is 9.84 Å². The number of carbonyl (C=O) groups is 1. The molecule has 3 nitrogen and oxygen atoms in total. The van der Waals surface area contributed by atoms with Crippen molar-refractivity contribution in [3.63, 3.8) is 0 Å². The van der Waals surface area contributed by atoms with Gasteiger partial charge in [-0.3, -0.25) is 4.79 Å². The van der Waals surface area contributed by atoms with Crippen LogP contribution in [0.2, 0.25) is 0 Å². The van der Waals surface area contributed by atoms with E-state index in [-0.39, 0.29) is 17.9 Å². The van der Waals surface area contributed by atoms with E-state index < -0.39 is 5.97 Å². The number of fused-ring (bicyclic) bond motifs is 1. The minimum absolute atomic E-state index is 0.0690. The predicted octanol–water partition coefficient (Wildman–Crippen LogP) is 2.76. The fourth-order valence-corrected chi connectivity index (χ4v) is 2.10. The highest BCUT2D eigenvalue weighted by Gasteiger charge is 2.26. The number of hydrogen-bond donors (Lipinski definition) is 1. The van der Waals surface area contributed by atoms with Crippen LogP contribution in [0, 0.1) is 0 Å². The number of hydrogen-bond acceptors (Lipinski definition) is 2. The lowest BCUT2D eigenvalue weighted by molar-refractivity contribution is -0.138. The molecular weight excluding hydrogens is 216 g/mol. The first kappa shape index (κ1) is 12.0. The Kier molecular flexibility index (Phi) is 2.86. The highest BCUT2D eigenvalue weighted by molar-refractivity contribution is 5.67. The monoisotopic (exact) mass is 234 g/mol. The Morgan fingerprint density at radius 3 is 2.76 bits per heavy atom. The summed E-state index contributed by atoms with van der Waals surface area (Å²) in [4.78, 5) is 10.7. The quantitative estimate of drug-likeness (QED) is 0.855. The van der Waals surface area contributed by atoms with Crippen molar-refractivity contribution in [2.75, 3.05) is 0 Å². The molecule has 0 aliphatic carbocycles. The van der Waals surface area contributed by atoms with Crippen molar-refractivity contribution in [3.8, 4) is 5.75 Å². The maximum absolute atomic E-state index is 10.7. The molecule has 1 N–H and O–H groups in total. The van der Waals surface area contributed by atoms with E-state index in [0.717, 1.165) is 11.3 Å². The standard InChI is InChI=1S/C14H18O3/c1-14(2,3)10-4-5-12-9(6-10)7-11(17-12)8-13(15)16/h4-6,11H,7-8H2,1-3H3,(H,15,16). The van der Waals surface area contributed by atoms with Crippen LogP contribution in [0.3, 0.4) is 0 Å². The van der Waals surface area contributed by atoms with Crippen molar-refractivity contribution in [2.45, 2.75) is 45.1 Å². The molecule has 1 aromatic rings. The molecule has 92 valence electrons. The van der Waals surface area contributed by atoms with E-state index in [1.54, 1.807) is 0 Å². The molecule has 0 saturated heterocycles. The first-order valence-corrected chi connectivity index (χ1v) is 5.88.